The van der Waals surface area contributed by atoms with E-state index >= 15 is 0 Å². The summed E-state index contributed by atoms with van der Waals surface area (Å²) in [6.07, 6.45) is -0.00780. The van der Waals surface area contributed by atoms with Crippen molar-refractivity contribution in [3.8, 4) is 5.69 Å². The highest BCUT2D eigenvalue weighted by atomic mass is 16.4. The third-order valence-electron chi connectivity index (χ3n) is 2.93. The summed E-state index contributed by atoms with van der Waals surface area (Å²) in [6.45, 7) is 3.72. The minimum absolute atomic E-state index is 0.00780. The van der Waals surface area contributed by atoms with Crippen molar-refractivity contribution in [2.75, 3.05) is 0 Å². The van der Waals surface area contributed by atoms with Gasteiger partial charge in [0.25, 0.3) is 0 Å². The fourth-order valence-corrected chi connectivity index (χ4v) is 2.25. The Morgan fingerprint density at radius 1 is 1.16 bits per heavy atom. The van der Waals surface area contributed by atoms with Gasteiger partial charge in [0.1, 0.15) is 0 Å². The van der Waals surface area contributed by atoms with E-state index in [1.807, 2.05) is 36.6 Å². The predicted octanol–water partition coefficient (Wildman–Crippen LogP) is 2.08. The van der Waals surface area contributed by atoms with Gasteiger partial charge in [0.2, 0.25) is 0 Å². The summed E-state index contributed by atoms with van der Waals surface area (Å²) >= 11 is 0. The third kappa shape index (κ3) is 2.91. The third-order valence-corrected chi connectivity index (χ3v) is 2.93. The Morgan fingerprint density at radius 2 is 1.79 bits per heavy atom. The van der Waals surface area contributed by atoms with Gasteiger partial charge in [-0.25, -0.2) is 0 Å². The molecule has 19 heavy (non-hydrogen) atoms. The molecule has 0 aliphatic rings. The molecule has 0 atom stereocenters. The molecule has 0 unspecified atom stereocenters. The van der Waals surface area contributed by atoms with Crippen LogP contribution >= 0.6 is 0 Å². The fraction of sp³-hybridized carbons (Fsp3) is 0.200. The van der Waals surface area contributed by atoms with Crippen molar-refractivity contribution >= 4 is 5.97 Å². The molecule has 1 aromatic carbocycles. The SMILES string of the molecule is Cc1cc(=O)cc(C)n1-c1cccc(CC(=O)O)c1. The topological polar surface area (TPSA) is 59.3 Å². The van der Waals surface area contributed by atoms with Crippen molar-refractivity contribution < 1.29 is 9.90 Å². The molecule has 0 saturated carbocycles. The van der Waals surface area contributed by atoms with Gasteiger partial charge in [-0.2, -0.15) is 0 Å². The molecule has 98 valence electrons. The number of benzene rings is 1. The molecule has 0 saturated heterocycles. The maximum absolute atomic E-state index is 11.4. The van der Waals surface area contributed by atoms with Crippen LogP contribution in [0.2, 0.25) is 0 Å². The van der Waals surface area contributed by atoms with Gasteiger partial charge in [-0.05, 0) is 31.5 Å². The molecule has 1 N–H and O–H groups in total. The Balaban J connectivity index is 2.53. The maximum atomic E-state index is 11.4. The van der Waals surface area contributed by atoms with Crippen molar-refractivity contribution in [3.63, 3.8) is 0 Å². The molecule has 0 amide bonds. The van der Waals surface area contributed by atoms with Gasteiger partial charge >= 0.3 is 5.97 Å². The first-order valence-electron chi connectivity index (χ1n) is 5.99. The summed E-state index contributed by atoms with van der Waals surface area (Å²) in [6, 6.07) is 10.5. The summed E-state index contributed by atoms with van der Waals surface area (Å²) in [5.41, 5.74) is 3.25. The predicted molar refractivity (Wildman–Crippen MR) is 72.9 cm³/mol. The second kappa shape index (κ2) is 5.10. The molecular formula is C15H15NO3. The summed E-state index contributed by atoms with van der Waals surface area (Å²) < 4.78 is 1.94. The van der Waals surface area contributed by atoms with Crippen LogP contribution in [0.5, 0.6) is 0 Å². The number of rotatable bonds is 3. The van der Waals surface area contributed by atoms with E-state index in [0.717, 1.165) is 22.6 Å². The van der Waals surface area contributed by atoms with Crippen LogP contribution in [0.3, 0.4) is 0 Å². The largest absolute Gasteiger partial charge is 0.481 e. The number of carbonyl (C=O) groups is 1. The van der Waals surface area contributed by atoms with E-state index in [0.29, 0.717) is 0 Å². The number of aryl methyl sites for hydroxylation is 2. The Kier molecular flexibility index (Phi) is 3.51. The Morgan fingerprint density at radius 3 is 2.37 bits per heavy atom. The highest BCUT2D eigenvalue weighted by molar-refractivity contribution is 5.70. The lowest BCUT2D eigenvalue weighted by atomic mass is 10.1. The van der Waals surface area contributed by atoms with E-state index in [1.165, 1.54) is 0 Å². The first kappa shape index (κ1) is 13.1. The second-order valence-corrected chi connectivity index (χ2v) is 4.55. The molecule has 4 heteroatoms. The molecule has 0 radical (unpaired) electrons. The molecule has 2 aromatic rings. The molecule has 0 aliphatic carbocycles. The highest BCUT2D eigenvalue weighted by Crippen LogP contribution is 2.15. The summed E-state index contributed by atoms with van der Waals surface area (Å²) in [7, 11) is 0. The number of carboxylic acid groups (broad SMARTS) is 1. The van der Waals surface area contributed by atoms with E-state index in [2.05, 4.69) is 0 Å². The molecular weight excluding hydrogens is 242 g/mol. The van der Waals surface area contributed by atoms with Crippen molar-refractivity contribution in [1.29, 1.82) is 0 Å². The van der Waals surface area contributed by atoms with Crippen LogP contribution in [0.4, 0.5) is 0 Å². The van der Waals surface area contributed by atoms with Gasteiger partial charge < -0.3 is 9.67 Å². The number of pyridine rings is 1. The molecule has 0 fully saturated rings. The van der Waals surface area contributed by atoms with Crippen LogP contribution in [0.15, 0.2) is 41.2 Å². The van der Waals surface area contributed by atoms with Gasteiger partial charge in [-0.15, -0.1) is 0 Å². The van der Waals surface area contributed by atoms with Crippen molar-refractivity contribution in [3.05, 3.63) is 63.6 Å². The Hall–Kier alpha value is -2.36. The molecule has 0 aliphatic heterocycles. The van der Waals surface area contributed by atoms with E-state index in [9.17, 15) is 9.59 Å². The van der Waals surface area contributed by atoms with E-state index in [-0.39, 0.29) is 11.8 Å². The molecule has 4 nitrogen and oxygen atoms in total. The van der Waals surface area contributed by atoms with Crippen LogP contribution in [-0.2, 0) is 11.2 Å². The van der Waals surface area contributed by atoms with Crippen molar-refractivity contribution in [1.82, 2.24) is 4.57 Å². The zero-order valence-corrected chi connectivity index (χ0v) is 10.9. The first-order valence-corrected chi connectivity index (χ1v) is 5.99. The summed E-state index contributed by atoms with van der Waals surface area (Å²) in [4.78, 5) is 22.2. The fourth-order valence-electron chi connectivity index (χ4n) is 2.25. The zero-order valence-electron chi connectivity index (χ0n) is 10.9. The Labute approximate surface area is 110 Å². The number of aliphatic carboxylic acids is 1. The number of aromatic nitrogens is 1. The molecule has 0 bridgehead atoms. The zero-order chi connectivity index (χ0) is 14.0. The lowest BCUT2D eigenvalue weighted by Gasteiger charge is -2.15. The van der Waals surface area contributed by atoms with Gasteiger partial charge in [-0.1, -0.05) is 12.1 Å². The van der Waals surface area contributed by atoms with Crippen LogP contribution in [0.25, 0.3) is 5.69 Å². The average molecular weight is 257 g/mol. The minimum atomic E-state index is -0.856. The number of carboxylic acids is 1. The molecule has 1 heterocycles. The number of hydrogen-bond acceptors (Lipinski definition) is 2. The number of nitrogens with zero attached hydrogens (tertiary/aromatic N) is 1. The van der Waals surface area contributed by atoms with Crippen molar-refractivity contribution in [2.24, 2.45) is 0 Å². The maximum Gasteiger partial charge on any atom is 0.307 e. The molecule has 2 rings (SSSR count). The Bertz CT molecular complexity index is 660. The lowest BCUT2D eigenvalue weighted by molar-refractivity contribution is -0.136. The molecule has 0 spiro atoms. The normalized spacial score (nSPS) is 10.4. The van der Waals surface area contributed by atoms with Crippen LogP contribution < -0.4 is 5.43 Å². The minimum Gasteiger partial charge on any atom is -0.481 e. The monoisotopic (exact) mass is 257 g/mol. The van der Waals surface area contributed by atoms with E-state index < -0.39 is 5.97 Å². The van der Waals surface area contributed by atoms with Gasteiger partial charge in [0, 0.05) is 29.2 Å². The summed E-state index contributed by atoms with van der Waals surface area (Å²) in [5.74, 6) is -0.856. The average Bonchev–Trinajstić information content (AvgIpc) is 2.26. The van der Waals surface area contributed by atoms with Crippen LogP contribution in [0.1, 0.15) is 17.0 Å². The first-order chi connectivity index (χ1) is 8.97. The lowest BCUT2D eigenvalue weighted by Crippen LogP contribution is -2.11. The van der Waals surface area contributed by atoms with Crippen LogP contribution in [0, 0.1) is 13.8 Å². The number of hydrogen-bond donors (Lipinski definition) is 1. The van der Waals surface area contributed by atoms with E-state index in [4.69, 9.17) is 5.11 Å². The van der Waals surface area contributed by atoms with Gasteiger partial charge in [0.15, 0.2) is 5.43 Å². The van der Waals surface area contributed by atoms with Gasteiger partial charge in [-0.3, -0.25) is 9.59 Å². The van der Waals surface area contributed by atoms with Crippen molar-refractivity contribution in [2.45, 2.75) is 20.3 Å². The molecule has 1 aromatic heterocycles. The van der Waals surface area contributed by atoms with E-state index in [1.54, 1.807) is 18.2 Å². The second-order valence-electron chi connectivity index (χ2n) is 4.55. The smallest absolute Gasteiger partial charge is 0.307 e. The van der Waals surface area contributed by atoms with Crippen LogP contribution in [-0.4, -0.2) is 15.6 Å². The standard InChI is InChI=1S/C15H15NO3/c1-10-6-14(17)7-11(2)16(10)13-5-3-4-12(8-13)9-15(18)19/h3-8H,9H2,1-2H3,(H,18,19). The quantitative estimate of drug-likeness (QED) is 0.915. The summed E-state index contributed by atoms with van der Waals surface area (Å²) in [5, 5.41) is 8.83. The highest BCUT2D eigenvalue weighted by Gasteiger charge is 2.06. The van der Waals surface area contributed by atoms with Gasteiger partial charge in [0.05, 0.1) is 6.42 Å².